The van der Waals surface area contributed by atoms with Crippen molar-refractivity contribution in [1.29, 1.82) is 0 Å². The summed E-state index contributed by atoms with van der Waals surface area (Å²) in [5, 5.41) is 17.9. The normalized spacial score (nSPS) is 19.4. The number of carboxylic acid groups (broad SMARTS) is 1. The molecule has 0 amide bonds. The van der Waals surface area contributed by atoms with Crippen molar-refractivity contribution in [3.8, 4) is 0 Å². The van der Waals surface area contributed by atoms with E-state index in [0.717, 1.165) is 22.5 Å². The fourth-order valence-electron chi connectivity index (χ4n) is 1.98. The Labute approximate surface area is 114 Å². The summed E-state index contributed by atoms with van der Waals surface area (Å²) in [5.41, 5.74) is -0.709. The molecule has 0 spiro atoms. The Morgan fingerprint density at radius 3 is 2.75 bits per heavy atom. The number of halogens is 1. The fourth-order valence-corrected chi connectivity index (χ4v) is 3.60. The van der Waals surface area contributed by atoms with Gasteiger partial charge in [-0.2, -0.15) is 4.31 Å². The van der Waals surface area contributed by atoms with Crippen LogP contribution in [0.3, 0.4) is 0 Å². The molecule has 0 saturated carbocycles. The van der Waals surface area contributed by atoms with E-state index in [0.29, 0.717) is 0 Å². The molecule has 1 aromatic carbocycles. The molecule has 20 heavy (non-hydrogen) atoms. The second-order valence-electron chi connectivity index (χ2n) is 4.18. The Morgan fingerprint density at radius 1 is 1.45 bits per heavy atom. The predicted molar refractivity (Wildman–Crippen MR) is 67.3 cm³/mol. The third-order valence-electron chi connectivity index (χ3n) is 2.98. The van der Waals surface area contributed by atoms with Gasteiger partial charge in [0.1, 0.15) is 4.90 Å². The lowest BCUT2D eigenvalue weighted by atomic mass is 10.2. The number of hydrogen-bond donors (Lipinski definition) is 2. The van der Waals surface area contributed by atoms with Gasteiger partial charge in [-0.1, -0.05) is 18.2 Å². The maximum absolute atomic E-state index is 14.0. The number of aliphatic hydroxyl groups excluding tert-OH is 1. The minimum atomic E-state index is -4.21. The van der Waals surface area contributed by atoms with E-state index >= 15 is 0 Å². The number of sulfonamides is 1. The van der Waals surface area contributed by atoms with Crippen LogP contribution >= 0.6 is 0 Å². The standard InChI is InChI=1S/C12H12FNO5S/c13-11-9(12(16)17)4-1-5-10(11)20(18,19)14-6-2-3-8(14)7-15/h1-5,8,15H,6-7H2,(H,16,17). The second-order valence-corrected chi connectivity index (χ2v) is 6.03. The highest BCUT2D eigenvalue weighted by Gasteiger charge is 2.34. The molecule has 1 aromatic rings. The molecule has 2 N–H and O–H groups in total. The number of aliphatic hydroxyl groups is 1. The van der Waals surface area contributed by atoms with Crippen LogP contribution in [-0.2, 0) is 10.0 Å². The summed E-state index contributed by atoms with van der Waals surface area (Å²) < 4.78 is 39.6. The highest BCUT2D eigenvalue weighted by atomic mass is 32.2. The Balaban J connectivity index is 2.51. The minimum absolute atomic E-state index is 0.00426. The van der Waals surface area contributed by atoms with Crippen molar-refractivity contribution in [2.45, 2.75) is 10.9 Å². The van der Waals surface area contributed by atoms with Gasteiger partial charge in [0.25, 0.3) is 0 Å². The van der Waals surface area contributed by atoms with E-state index < -0.39 is 44.9 Å². The quantitative estimate of drug-likeness (QED) is 0.787. The Morgan fingerprint density at radius 2 is 2.15 bits per heavy atom. The van der Waals surface area contributed by atoms with Crippen molar-refractivity contribution in [3.63, 3.8) is 0 Å². The molecule has 6 nitrogen and oxygen atoms in total. The second kappa shape index (κ2) is 5.31. The molecule has 8 heteroatoms. The predicted octanol–water partition coefficient (Wildman–Crippen LogP) is 0.445. The molecule has 2 rings (SSSR count). The van der Waals surface area contributed by atoms with Crippen molar-refractivity contribution in [1.82, 2.24) is 4.31 Å². The van der Waals surface area contributed by atoms with Crippen molar-refractivity contribution in [3.05, 3.63) is 41.7 Å². The van der Waals surface area contributed by atoms with Gasteiger partial charge >= 0.3 is 5.97 Å². The Bertz CT molecular complexity index is 670. The van der Waals surface area contributed by atoms with Crippen LogP contribution < -0.4 is 0 Å². The maximum Gasteiger partial charge on any atom is 0.338 e. The zero-order chi connectivity index (χ0) is 14.9. The monoisotopic (exact) mass is 301 g/mol. The van der Waals surface area contributed by atoms with Gasteiger partial charge in [0.05, 0.1) is 18.2 Å². The van der Waals surface area contributed by atoms with E-state index in [-0.39, 0.29) is 6.54 Å². The number of benzene rings is 1. The van der Waals surface area contributed by atoms with E-state index in [2.05, 4.69) is 0 Å². The molecule has 0 radical (unpaired) electrons. The molecule has 0 bridgehead atoms. The minimum Gasteiger partial charge on any atom is -0.478 e. The van der Waals surface area contributed by atoms with E-state index in [1.807, 2.05) is 0 Å². The number of aromatic carboxylic acids is 1. The first-order valence-corrected chi connectivity index (χ1v) is 7.14. The van der Waals surface area contributed by atoms with Crippen LogP contribution in [0.25, 0.3) is 0 Å². The van der Waals surface area contributed by atoms with Gasteiger partial charge in [-0.25, -0.2) is 17.6 Å². The summed E-state index contributed by atoms with van der Waals surface area (Å²) >= 11 is 0. The zero-order valence-corrected chi connectivity index (χ0v) is 11.0. The molecule has 1 unspecified atom stereocenters. The van der Waals surface area contributed by atoms with Crippen LogP contribution in [0.5, 0.6) is 0 Å². The molecular weight excluding hydrogens is 289 g/mol. The third kappa shape index (κ3) is 2.33. The van der Waals surface area contributed by atoms with Crippen molar-refractivity contribution in [2.75, 3.05) is 13.2 Å². The van der Waals surface area contributed by atoms with Crippen molar-refractivity contribution >= 4 is 16.0 Å². The van der Waals surface area contributed by atoms with Gasteiger partial charge in [0.15, 0.2) is 5.82 Å². The molecule has 0 fully saturated rings. The van der Waals surface area contributed by atoms with Gasteiger partial charge in [-0.3, -0.25) is 0 Å². The van der Waals surface area contributed by atoms with Crippen molar-refractivity contribution < 1.29 is 27.8 Å². The van der Waals surface area contributed by atoms with Gasteiger partial charge in [0.2, 0.25) is 10.0 Å². The van der Waals surface area contributed by atoms with Crippen LogP contribution in [0.2, 0.25) is 0 Å². The highest BCUT2D eigenvalue weighted by molar-refractivity contribution is 7.89. The molecule has 1 heterocycles. The van der Waals surface area contributed by atoms with Crippen LogP contribution in [0, 0.1) is 5.82 Å². The molecule has 0 aliphatic carbocycles. The van der Waals surface area contributed by atoms with Gasteiger partial charge in [-0.05, 0) is 12.1 Å². The highest BCUT2D eigenvalue weighted by Crippen LogP contribution is 2.25. The first-order chi connectivity index (χ1) is 9.39. The lowest BCUT2D eigenvalue weighted by molar-refractivity contribution is 0.0691. The van der Waals surface area contributed by atoms with Crippen LogP contribution in [0.15, 0.2) is 35.2 Å². The van der Waals surface area contributed by atoms with Crippen LogP contribution in [-0.4, -0.2) is 48.1 Å². The molecule has 108 valence electrons. The van der Waals surface area contributed by atoms with Crippen LogP contribution in [0.4, 0.5) is 4.39 Å². The first-order valence-electron chi connectivity index (χ1n) is 5.70. The maximum atomic E-state index is 14.0. The SMILES string of the molecule is O=C(O)c1cccc(S(=O)(=O)N2CC=CC2CO)c1F. The summed E-state index contributed by atoms with van der Waals surface area (Å²) in [6.07, 6.45) is 3.04. The Hall–Kier alpha value is -1.77. The third-order valence-corrected chi connectivity index (χ3v) is 4.89. The molecule has 1 atom stereocenters. The summed E-state index contributed by atoms with van der Waals surface area (Å²) in [6, 6.07) is 2.39. The lowest BCUT2D eigenvalue weighted by Crippen LogP contribution is -2.38. The average molecular weight is 301 g/mol. The summed E-state index contributed by atoms with van der Waals surface area (Å²) in [5.74, 6) is -2.85. The smallest absolute Gasteiger partial charge is 0.338 e. The van der Waals surface area contributed by atoms with E-state index in [1.54, 1.807) is 0 Å². The number of carboxylic acids is 1. The average Bonchev–Trinajstić information content (AvgIpc) is 2.87. The summed E-state index contributed by atoms with van der Waals surface area (Å²) in [6.45, 7) is -0.430. The topological polar surface area (TPSA) is 94.9 Å². The molecule has 1 aliphatic rings. The van der Waals surface area contributed by atoms with Gasteiger partial charge in [-0.15, -0.1) is 0 Å². The Kier molecular flexibility index (Phi) is 3.89. The molecular formula is C12H12FNO5S. The van der Waals surface area contributed by atoms with Crippen LogP contribution in [0.1, 0.15) is 10.4 Å². The van der Waals surface area contributed by atoms with Gasteiger partial charge in [0, 0.05) is 6.54 Å². The summed E-state index contributed by atoms with van der Waals surface area (Å²) in [7, 11) is -4.21. The number of rotatable bonds is 4. The molecule has 0 saturated heterocycles. The van der Waals surface area contributed by atoms with E-state index in [9.17, 15) is 17.6 Å². The van der Waals surface area contributed by atoms with E-state index in [4.69, 9.17) is 10.2 Å². The van der Waals surface area contributed by atoms with Crippen molar-refractivity contribution in [2.24, 2.45) is 0 Å². The number of carbonyl (C=O) groups is 1. The number of hydrogen-bond acceptors (Lipinski definition) is 4. The molecule has 0 aromatic heterocycles. The first kappa shape index (κ1) is 14.6. The largest absolute Gasteiger partial charge is 0.478 e. The lowest BCUT2D eigenvalue weighted by Gasteiger charge is -2.22. The fraction of sp³-hybridized carbons (Fsp3) is 0.250. The van der Waals surface area contributed by atoms with E-state index in [1.165, 1.54) is 12.2 Å². The summed E-state index contributed by atoms with van der Waals surface area (Å²) in [4.78, 5) is 10.1. The molecule has 1 aliphatic heterocycles. The zero-order valence-electron chi connectivity index (χ0n) is 10.2. The number of nitrogens with zero attached hydrogens (tertiary/aromatic N) is 1. The van der Waals surface area contributed by atoms with Gasteiger partial charge < -0.3 is 10.2 Å².